The normalized spacial score (nSPS) is 18.8. The van der Waals surface area contributed by atoms with E-state index < -0.39 is 0 Å². The van der Waals surface area contributed by atoms with Gasteiger partial charge in [0, 0.05) is 18.0 Å². The predicted octanol–water partition coefficient (Wildman–Crippen LogP) is 2.20. The number of amides is 1. The Morgan fingerprint density at radius 3 is 2.83 bits per heavy atom. The van der Waals surface area contributed by atoms with Gasteiger partial charge in [-0.1, -0.05) is 12.1 Å². The lowest BCUT2D eigenvalue weighted by Gasteiger charge is -2.10. The number of benzene rings is 1. The molecule has 4 heteroatoms. The van der Waals surface area contributed by atoms with E-state index in [4.69, 9.17) is 4.74 Å². The smallest absolute Gasteiger partial charge is 0.224 e. The highest BCUT2D eigenvalue weighted by molar-refractivity contribution is 7.80. The molecule has 2 rings (SSSR count). The highest BCUT2D eigenvalue weighted by Crippen LogP contribution is 2.14. The second kappa shape index (κ2) is 6.81. The first-order chi connectivity index (χ1) is 8.74. The molecule has 1 fully saturated rings. The lowest BCUT2D eigenvalue weighted by atomic mass is 10.1. The molecule has 1 N–H and O–H groups in total. The molecule has 18 heavy (non-hydrogen) atoms. The van der Waals surface area contributed by atoms with Gasteiger partial charge in [-0.2, -0.15) is 0 Å². The maximum absolute atomic E-state index is 11.7. The fraction of sp³-hybridized carbons (Fsp3) is 0.500. The van der Waals surface area contributed by atoms with E-state index in [0.29, 0.717) is 19.1 Å². The molecule has 1 aromatic rings. The second-order valence-electron chi connectivity index (χ2n) is 4.62. The van der Waals surface area contributed by atoms with Crippen LogP contribution in [0.1, 0.15) is 24.8 Å². The van der Waals surface area contributed by atoms with Crippen molar-refractivity contribution >= 4 is 18.5 Å². The summed E-state index contributed by atoms with van der Waals surface area (Å²) in [6.45, 7) is 1.57. The molecule has 1 atom stereocenters. The fourth-order valence-electron chi connectivity index (χ4n) is 2.11. The molecule has 1 saturated heterocycles. The molecule has 98 valence electrons. The van der Waals surface area contributed by atoms with E-state index in [1.165, 1.54) is 0 Å². The molecule has 1 heterocycles. The number of carbonyl (C=O) groups excluding carboxylic acids is 1. The highest BCUT2D eigenvalue weighted by atomic mass is 32.1. The molecule has 0 radical (unpaired) electrons. The summed E-state index contributed by atoms with van der Waals surface area (Å²) in [5.74, 6) is 0.0694. The van der Waals surface area contributed by atoms with Crippen molar-refractivity contribution in [2.45, 2.75) is 36.7 Å². The summed E-state index contributed by atoms with van der Waals surface area (Å²) in [6, 6.07) is 7.67. The summed E-state index contributed by atoms with van der Waals surface area (Å²) in [4.78, 5) is 12.6. The molecule has 1 aliphatic rings. The van der Waals surface area contributed by atoms with Gasteiger partial charge < -0.3 is 10.1 Å². The van der Waals surface area contributed by atoms with Gasteiger partial charge in [-0.3, -0.25) is 4.79 Å². The first-order valence-electron chi connectivity index (χ1n) is 6.40. The minimum absolute atomic E-state index is 0.0694. The van der Waals surface area contributed by atoms with Crippen LogP contribution in [0.3, 0.4) is 0 Å². The molecular formula is C14H19NO2S. The van der Waals surface area contributed by atoms with Gasteiger partial charge in [0.05, 0.1) is 12.5 Å². The third kappa shape index (κ3) is 4.35. The van der Waals surface area contributed by atoms with Gasteiger partial charge in [0.15, 0.2) is 0 Å². The van der Waals surface area contributed by atoms with Crippen LogP contribution in [-0.4, -0.2) is 25.2 Å². The van der Waals surface area contributed by atoms with E-state index in [1.807, 2.05) is 24.3 Å². The Kier molecular flexibility index (Phi) is 5.08. The summed E-state index contributed by atoms with van der Waals surface area (Å²) in [6.07, 6.45) is 3.96. The van der Waals surface area contributed by atoms with Crippen molar-refractivity contribution in [1.82, 2.24) is 5.32 Å². The van der Waals surface area contributed by atoms with Crippen molar-refractivity contribution in [3.8, 4) is 0 Å². The molecule has 0 aliphatic carbocycles. The minimum Gasteiger partial charge on any atom is -0.378 e. The lowest BCUT2D eigenvalue weighted by molar-refractivity contribution is -0.120. The Hall–Kier alpha value is -1.00. The van der Waals surface area contributed by atoms with Crippen LogP contribution < -0.4 is 5.32 Å². The Morgan fingerprint density at radius 1 is 1.39 bits per heavy atom. The molecule has 0 saturated carbocycles. The van der Waals surface area contributed by atoms with E-state index in [1.54, 1.807) is 0 Å². The average Bonchev–Trinajstić information content (AvgIpc) is 2.85. The summed E-state index contributed by atoms with van der Waals surface area (Å²) in [5, 5.41) is 2.93. The van der Waals surface area contributed by atoms with Gasteiger partial charge in [-0.05, 0) is 37.0 Å². The largest absolute Gasteiger partial charge is 0.378 e. The predicted molar refractivity (Wildman–Crippen MR) is 74.0 cm³/mol. The van der Waals surface area contributed by atoms with Gasteiger partial charge >= 0.3 is 0 Å². The molecule has 0 spiro atoms. The van der Waals surface area contributed by atoms with E-state index in [-0.39, 0.29) is 5.91 Å². The van der Waals surface area contributed by atoms with Crippen LogP contribution in [-0.2, 0) is 16.0 Å². The van der Waals surface area contributed by atoms with Crippen LogP contribution in [0.5, 0.6) is 0 Å². The highest BCUT2D eigenvalue weighted by Gasteiger charge is 2.15. The van der Waals surface area contributed by atoms with Crippen LogP contribution >= 0.6 is 12.6 Å². The number of ether oxygens (including phenoxy) is 1. The molecule has 1 aliphatic heterocycles. The topological polar surface area (TPSA) is 38.3 Å². The van der Waals surface area contributed by atoms with E-state index >= 15 is 0 Å². The zero-order chi connectivity index (χ0) is 12.8. The van der Waals surface area contributed by atoms with Crippen LogP contribution in [0, 0.1) is 0 Å². The Labute approximate surface area is 113 Å². The van der Waals surface area contributed by atoms with Gasteiger partial charge in [0.25, 0.3) is 0 Å². The Morgan fingerprint density at radius 2 is 2.17 bits per heavy atom. The third-order valence-corrected chi connectivity index (χ3v) is 3.41. The van der Waals surface area contributed by atoms with Crippen LogP contribution in [0.15, 0.2) is 29.2 Å². The number of nitrogens with one attached hydrogen (secondary N) is 1. The SMILES string of the molecule is O=C(Cc1ccc(S)cc1)NCCC1CCCO1. The van der Waals surface area contributed by atoms with E-state index in [0.717, 1.165) is 36.3 Å². The van der Waals surface area contributed by atoms with Gasteiger partial charge in [0.1, 0.15) is 0 Å². The zero-order valence-corrected chi connectivity index (χ0v) is 11.3. The standard InChI is InChI=1S/C14H19NO2S/c16-14(10-11-3-5-13(18)6-4-11)15-8-7-12-2-1-9-17-12/h3-6,12,18H,1-2,7-10H2,(H,15,16). The average molecular weight is 265 g/mol. The van der Waals surface area contributed by atoms with Crippen molar-refractivity contribution in [3.63, 3.8) is 0 Å². The van der Waals surface area contributed by atoms with Crippen LogP contribution in [0.25, 0.3) is 0 Å². The molecule has 0 aromatic heterocycles. The quantitative estimate of drug-likeness (QED) is 0.801. The summed E-state index contributed by atoms with van der Waals surface area (Å²) in [5.41, 5.74) is 1.02. The number of hydrogen-bond donors (Lipinski definition) is 2. The monoisotopic (exact) mass is 265 g/mol. The van der Waals surface area contributed by atoms with Gasteiger partial charge in [-0.15, -0.1) is 12.6 Å². The van der Waals surface area contributed by atoms with Gasteiger partial charge in [0.2, 0.25) is 5.91 Å². The fourth-order valence-corrected chi connectivity index (χ4v) is 2.26. The number of rotatable bonds is 5. The van der Waals surface area contributed by atoms with Crippen LogP contribution in [0.2, 0.25) is 0 Å². The lowest BCUT2D eigenvalue weighted by Crippen LogP contribution is -2.28. The molecule has 1 amide bonds. The minimum atomic E-state index is 0.0694. The maximum Gasteiger partial charge on any atom is 0.224 e. The first kappa shape index (κ1) is 13.4. The maximum atomic E-state index is 11.7. The molecule has 1 aromatic carbocycles. The molecular weight excluding hydrogens is 246 g/mol. The van der Waals surface area contributed by atoms with Crippen molar-refractivity contribution in [3.05, 3.63) is 29.8 Å². The summed E-state index contributed by atoms with van der Waals surface area (Å²) < 4.78 is 5.51. The second-order valence-corrected chi connectivity index (χ2v) is 5.13. The van der Waals surface area contributed by atoms with Crippen LogP contribution in [0.4, 0.5) is 0 Å². The molecule has 0 bridgehead atoms. The number of hydrogen-bond acceptors (Lipinski definition) is 3. The summed E-state index contributed by atoms with van der Waals surface area (Å²) >= 11 is 4.21. The molecule has 3 nitrogen and oxygen atoms in total. The van der Waals surface area contributed by atoms with Crippen molar-refractivity contribution < 1.29 is 9.53 Å². The van der Waals surface area contributed by atoms with E-state index in [2.05, 4.69) is 17.9 Å². The summed E-state index contributed by atoms with van der Waals surface area (Å²) in [7, 11) is 0. The number of thiol groups is 1. The van der Waals surface area contributed by atoms with Crippen molar-refractivity contribution in [2.75, 3.05) is 13.2 Å². The van der Waals surface area contributed by atoms with E-state index in [9.17, 15) is 4.79 Å². The zero-order valence-electron chi connectivity index (χ0n) is 10.4. The number of carbonyl (C=O) groups is 1. The van der Waals surface area contributed by atoms with Crippen molar-refractivity contribution in [2.24, 2.45) is 0 Å². The Balaban J connectivity index is 1.66. The third-order valence-electron chi connectivity index (χ3n) is 3.11. The first-order valence-corrected chi connectivity index (χ1v) is 6.85. The van der Waals surface area contributed by atoms with Crippen molar-refractivity contribution in [1.29, 1.82) is 0 Å². The molecule has 1 unspecified atom stereocenters. The Bertz CT molecular complexity index is 385. The van der Waals surface area contributed by atoms with Gasteiger partial charge in [-0.25, -0.2) is 0 Å².